The van der Waals surface area contributed by atoms with Gasteiger partial charge in [0.05, 0.1) is 22.3 Å². The van der Waals surface area contributed by atoms with E-state index in [1.807, 2.05) is 22.9 Å². The van der Waals surface area contributed by atoms with Crippen molar-refractivity contribution in [2.45, 2.75) is 37.8 Å². The van der Waals surface area contributed by atoms with Crippen LogP contribution in [0.3, 0.4) is 0 Å². The molecule has 7 nitrogen and oxygen atoms in total. The van der Waals surface area contributed by atoms with E-state index in [4.69, 9.17) is 4.98 Å². The largest absolute Gasteiger partial charge is 0.345 e. The molecule has 0 bridgehead atoms. The van der Waals surface area contributed by atoms with Crippen LogP contribution in [-0.2, 0) is 0 Å². The summed E-state index contributed by atoms with van der Waals surface area (Å²) in [5.74, 6) is 0.635. The number of nitrogens with zero attached hydrogens (tertiary/aromatic N) is 7. The Morgan fingerprint density at radius 3 is 2.45 bits per heavy atom. The third-order valence-electron chi connectivity index (χ3n) is 6.85. The van der Waals surface area contributed by atoms with Crippen molar-refractivity contribution in [1.82, 2.24) is 30.1 Å². The number of hydrogen-bond donors (Lipinski definition) is 0. The van der Waals surface area contributed by atoms with E-state index in [1.54, 1.807) is 11.3 Å². The summed E-state index contributed by atoms with van der Waals surface area (Å²) in [5, 5.41) is 14.0. The molecule has 0 N–H and O–H groups in total. The third kappa shape index (κ3) is 4.00. The van der Waals surface area contributed by atoms with Crippen molar-refractivity contribution in [3.8, 4) is 0 Å². The molecule has 2 aromatic carbocycles. The molecular weight excluding hydrogens is 437 g/mol. The van der Waals surface area contributed by atoms with Crippen LogP contribution in [0.2, 0.25) is 0 Å². The monoisotopic (exact) mass is 463 g/mol. The molecule has 170 valence electrons. The lowest BCUT2D eigenvalue weighted by molar-refractivity contribution is 0.197. The second-order valence-corrected chi connectivity index (χ2v) is 9.87. The van der Waals surface area contributed by atoms with Crippen molar-refractivity contribution in [3.63, 3.8) is 0 Å². The van der Waals surface area contributed by atoms with Crippen LogP contribution in [0.1, 0.15) is 49.2 Å². The number of aromatic nitrogens is 5. The highest BCUT2D eigenvalue weighted by Crippen LogP contribution is 2.35. The average Bonchev–Trinajstić information content (AvgIpc) is 3.61. The van der Waals surface area contributed by atoms with Gasteiger partial charge in [0.1, 0.15) is 5.82 Å². The van der Waals surface area contributed by atoms with Crippen LogP contribution in [0.15, 0.2) is 48.5 Å². The average molecular weight is 464 g/mol. The van der Waals surface area contributed by atoms with Crippen LogP contribution in [0.4, 0.5) is 9.52 Å². The van der Waals surface area contributed by atoms with Crippen molar-refractivity contribution < 1.29 is 4.39 Å². The molecule has 1 aliphatic carbocycles. The van der Waals surface area contributed by atoms with Crippen molar-refractivity contribution in [1.29, 1.82) is 0 Å². The lowest BCUT2D eigenvalue weighted by atomic mass is 10.0. The Kier molecular flexibility index (Phi) is 5.51. The highest BCUT2D eigenvalue weighted by Gasteiger charge is 2.33. The molecule has 0 unspecified atom stereocenters. The fraction of sp³-hybridized carbons (Fsp3) is 0.417. The van der Waals surface area contributed by atoms with Gasteiger partial charge in [0, 0.05) is 26.2 Å². The highest BCUT2D eigenvalue weighted by molar-refractivity contribution is 7.22. The third-order valence-corrected chi connectivity index (χ3v) is 7.95. The molecular formula is C24H26FN7S. The lowest BCUT2D eigenvalue weighted by Gasteiger charge is -2.39. The SMILES string of the molecule is Fc1ccc([C@H](c2nnnn2C2CCCC2)N2CCN(c3nc4ccccc4s3)CC2)cc1. The molecule has 0 amide bonds. The van der Waals surface area contributed by atoms with Gasteiger partial charge in [-0.2, -0.15) is 0 Å². The molecule has 2 fully saturated rings. The van der Waals surface area contributed by atoms with Crippen molar-refractivity contribution >= 4 is 26.7 Å². The van der Waals surface area contributed by atoms with Gasteiger partial charge in [-0.15, -0.1) is 5.10 Å². The molecule has 2 aromatic heterocycles. The Balaban J connectivity index is 1.28. The van der Waals surface area contributed by atoms with Crippen LogP contribution in [0.5, 0.6) is 0 Å². The fourth-order valence-electron chi connectivity index (χ4n) is 5.12. The highest BCUT2D eigenvalue weighted by atomic mass is 32.1. The summed E-state index contributed by atoms with van der Waals surface area (Å²) in [4.78, 5) is 9.63. The number of rotatable bonds is 5. The number of piperazine rings is 1. The van der Waals surface area contributed by atoms with Gasteiger partial charge < -0.3 is 4.90 Å². The Labute approximate surface area is 195 Å². The smallest absolute Gasteiger partial charge is 0.186 e. The standard InChI is InChI=1S/C24H26FN7S/c25-18-11-9-17(10-12-18)22(23-27-28-29-32(23)19-5-1-2-6-19)30-13-15-31(16-14-30)24-26-20-7-3-4-8-21(20)33-24/h3-4,7-12,19,22H,1-2,5-6,13-16H2/t22-/m1/s1. The van der Waals surface area contributed by atoms with Crippen molar-refractivity contribution in [2.75, 3.05) is 31.1 Å². The quantitative estimate of drug-likeness (QED) is 0.436. The molecule has 1 atom stereocenters. The number of anilines is 1. The van der Waals surface area contributed by atoms with E-state index in [0.717, 1.165) is 61.1 Å². The first-order chi connectivity index (χ1) is 16.3. The van der Waals surface area contributed by atoms with Crippen LogP contribution in [-0.4, -0.2) is 56.3 Å². The fourth-order valence-corrected chi connectivity index (χ4v) is 6.14. The first-order valence-corrected chi connectivity index (χ1v) is 12.5. The molecule has 2 aliphatic rings. The van der Waals surface area contributed by atoms with Gasteiger partial charge in [-0.1, -0.05) is 48.4 Å². The summed E-state index contributed by atoms with van der Waals surface area (Å²) >= 11 is 1.75. The first kappa shape index (κ1) is 20.7. The molecule has 6 rings (SSSR count). The lowest BCUT2D eigenvalue weighted by Crippen LogP contribution is -2.48. The van der Waals surface area contributed by atoms with Gasteiger partial charge in [-0.25, -0.2) is 14.1 Å². The van der Waals surface area contributed by atoms with Gasteiger partial charge in [-0.05, 0) is 53.1 Å². The minimum atomic E-state index is -0.228. The summed E-state index contributed by atoms with van der Waals surface area (Å²) in [6.45, 7) is 3.47. The van der Waals surface area contributed by atoms with E-state index in [2.05, 4.69) is 43.5 Å². The molecule has 1 saturated carbocycles. The molecule has 3 heterocycles. The van der Waals surface area contributed by atoms with Gasteiger partial charge in [-0.3, -0.25) is 4.90 Å². The Hall–Kier alpha value is -2.91. The predicted molar refractivity (Wildman–Crippen MR) is 127 cm³/mol. The first-order valence-electron chi connectivity index (χ1n) is 11.6. The van der Waals surface area contributed by atoms with Crippen molar-refractivity contribution in [2.24, 2.45) is 0 Å². The number of fused-ring (bicyclic) bond motifs is 1. The normalized spacial score (nSPS) is 18.9. The van der Waals surface area contributed by atoms with Gasteiger partial charge in [0.2, 0.25) is 0 Å². The zero-order valence-corrected chi connectivity index (χ0v) is 19.2. The van der Waals surface area contributed by atoms with E-state index in [-0.39, 0.29) is 11.9 Å². The number of tetrazole rings is 1. The zero-order valence-electron chi connectivity index (χ0n) is 18.3. The Bertz CT molecular complexity index is 1190. The maximum Gasteiger partial charge on any atom is 0.186 e. The van der Waals surface area contributed by atoms with E-state index < -0.39 is 0 Å². The van der Waals surface area contributed by atoms with Crippen molar-refractivity contribution in [3.05, 3.63) is 65.7 Å². The molecule has 0 radical (unpaired) electrons. The minimum Gasteiger partial charge on any atom is -0.345 e. The molecule has 4 aromatic rings. The van der Waals surface area contributed by atoms with Gasteiger partial charge >= 0.3 is 0 Å². The molecule has 0 spiro atoms. The Morgan fingerprint density at radius 1 is 0.939 bits per heavy atom. The topological polar surface area (TPSA) is 63.0 Å². The minimum absolute atomic E-state index is 0.0984. The predicted octanol–water partition coefficient (Wildman–Crippen LogP) is 4.45. The number of hydrogen-bond acceptors (Lipinski definition) is 7. The molecule has 9 heteroatoms. The summed E-state index contributed by atoms with van der Waals surface area (Å²) in [5.41, 5.74) is 2.08. The number of thiazole rings is 1. The number of benzene rings is 2. The molecule has 1 aliphatic heterocycles. The second-order valence-electron chi connectivity index (χ2n) is 8.86. The van der Waals surface area contributed by atoms with Crippen LogP contribution < -0.4 is 4.90 Å². The zero-order chi connectivity index (χ0) is 22.2. The van der Waals surface area contributed by atoms with Crippen LogP contribution in [0, 0.1) is 5.82 Å². The molecule has 1 saturated heterocycles. The summed E-state index contributed by atoms with van der Waals surface area (Å²) in [6.07, 6.45) is 4.65. The Morgan fingerprint density at radius 2 is 1.70 bits per heavy atom. The van der Waals surface area contributed by atoms with E-state index in [1.165, 1.54) is 29.7 Å². The van der Waals surface area contributed by atoms with Crippen LogP contribution in [0.25, 0.3) is 10.2 Å². The summed E-state index contributed by atoms with van der Waals surface area (Å²) in [6, 6.07) is 15.3. The summed E-state index contributed by atoms with van der Waals surface area (Å²) < 4.78 is 17.0. The van der Waals surface area contributed by atoms with Gasteiger partial charge in [0.15, 0.2) is 11.0 Å². The second kappa shape index (κ2) is 8.79. The van der Waals surface area contributed by atoms with Gasteiger partial charge in [0.25, 0.3) is 0 Å². The van der Waals surface area contributed by atoms with E-state index >= 15 is 0 Å². The van der Waals surface area contributed by atoms with E-state index in [0.29, 0.717) is 6.04 Å². The number of halogens is 1. The number of para-hydroxylation sites is 1. The summed E-state index contributed by atoms with van der Waals surface area (Å²) in [7, 11) is 0. The van der Waals surface area contributed by atoms with Crippen LogP contribution >= 0.6 is 11.3 Å². The van der Waals surface area contributed by atoms with E-state index in [9.17, 15) is 4.39 Å². The molecule has 33 heavy (non-hydrogen) atoms. The maximum absolute atomic E-state index is 13.7. The maximum atomic E-state index is 13.7.